The van der Waals surface area contributed by atoms with Gasteiger partial charge >= 0.3 is 17.9 Å². The van der Waals surface area contributed by atoms with Crippen molar-refractivity contribution in [2.45, 2.75) is 82.6 Å². The fourth-order valence-corrected chi connectivity index (χ4v) is 9.39. The Morgan fingerprint density at radius 3 is 2.27 bits per heavy atom. The van der Waals surface area contributed by atoms with Gasteiger partial charge in [0.1, 0.15) is 17.9 Å². The van der Waals surface area contributed by atoms with Crippen molar-refractivity contribution in [3.8, 4) is 0 Å². The van der Waals surface area contributed by atoms with E-state index in [2.05, 4.69) is 10.0 Å². The topological polar surface area (TPSA) is 187 Å². The highest BCUT2D eigenvalue weighted by Gasteiger charge is 3.04. The Morgan fingerprint density at radius 2 is 1.68 bits per heavy atom. The van der Waals surface area contributed by atoms with Crippen molar-refractivity contribution in [2.24, 2.45) is 33.2 Å². The molecule has 1 aromatic carbocycles. The Morgan fingerprint density at radius 1 is 1.05 bits per heavy atom. The average Bonchev–Trinajstić information content (AvgIpc) is 3.67. The van der Waals surface area contributed by atoms with Gasteiger partial charge in [-0.1, -0.05) is 25.9 Å². The lowest BCUT2D eigenvalue weighted by Crippen LogP contribution is -2.67. The minimum absolute atomic E-state index is 0.0254. The molecule has 6 aliphatic rings. The Bertz CT molecular complexity index is 1600. The Kier molecular flexibility index (Phi) is 5.58. The average molecular weight is 628 g/mol. The molecule has 1 aromatic rings. The molecule has 4 aliphatic heterocycles. The standard InChI is InChI=1S/C27H25F4N3O10/c1-7-19(36)42-17-16(35)25-10-5-9(23(2,3)4)24(25)18(20(37)43-22(24)44-27(25,21(38)41-10)26(7,17)39)40-6-8-11(28)13(30)15(33-34-32)14(31)12(8)29/h7,9-10,16-18,22,35,39H,5-6H2,1-4H3/t7-,9+,10?,16+,17?,18+,22?,24?,25?,26-,27+/m1/s1. The van der Waals surface area contributed by atoms with Crippen molar-refractivity contribution in [1.82, 2.24) is 0 Å². The molecule has 2 spiro atoms. The van der Waals surface area contributed by atoms with Crippen LogP contribution >= 0.6 is 0 Å². The van der Waals surface area contributed by atoms with Gasteiger partial charge in [-0.2, -0.15) is 0 Å². The SMILES string of the molecule is C[C@@H]1C(=O)OC2[C@H](O)C34C5C[C@@H](C(C)(C)C)C36C(OC(=O)[C@@H]6OCc3c(F)c(F)c(N=[N+]=[N-])c(F)c3F)O[C@]4(C(=O)O5)[C@]21O. The molecule has 236 valence electrons. The molecule has 5 unspecified atom stereocenters. The zero-order valence-corrected chi connectivity index (χ0v) is 23.5. The van der Waals surface area contributed by atoms with Crippen LogP contribution in [0.3, 0.4) is 0 Å². The van der Waals surface area contributed by atoms with Crippen molar-refractivity contribution in [1.29, 1.82) is 0 Å². The number of rotatable bonds is 4. The fourth-order valence-electron chi connectivity index (χ4n) is 9.39. The fraction of sp³-hybridized carbons (Fsp3) is 0.667. The van der Waals surface area contributed by atoms with Crippen LogP contribution in [-0.4, -0.2) is 70.0 Å². The Hall–Kier alpha value is -3.50. The first-order chi connectivity index (χ1) is 20.5. The van der Waals surface area contributed by atoms with E-state index in [0.29, 0.717) is 0 Å². The van der Waals surface area contributed by atoms with E-state index in [0.717, 1.165) is 0 Å². The first-order valence-corrected chi connectivity index (χ1v) is 13.7. The number of ether oxygens (including phenoxy) is 5. The van der Waals surface area contributed by atoms with Gasteiger partial charge in [-0.3, -0.25) is 4.79 Å². The first kappa shape index (κ1) is 29.2. The van der Waals surface area contributed by atoms with Gasteiger partial charge in [0.05, 0.1) is 28.9 Å². The second-order valence-electron chi connectivity index (χ2n) is 13.2. The molecule has 0 aromatic heterocycles. The van der Waals surface area contributed by atoms with E-state index in [1.165, 1.54) is 6.92 Å². The summed E-state index contributed by atoms with van der Waals surface area (Å²) < 4.78 is 87.8. The maximum absolute atomic E-state index is 15.0. The van der Waals surface area contributed by atoms with Gasteiger partial charge in [0, 0.05) is 4.91 Å². The molecule has 0 amide bonds. The third-order valence-corrected chi connectivity index (χ3v) is 10.8. The maximum atomic E-state index is 15.0. The number of esters is 3. The molecule has 2 aliphatic carbocycles. The van der Waals surface area contributed by atoms with E-state index >= 15 is 0 Å². The minimum atomic E-state index is -2.51. The maximum Gasteiger partial charge on any atom is 0.343 e. The third-order valence-electron chi connectivity index (χ3n) is 10.8. The normalized spacial score (nSPS) is 44.5. The summed E-state index contributed by atoms with van der Waals surface area (Å²) in [6.07, 6.45) is -8.50. The van der Waals surface area contributed by atoms with Gasteiger partial charge in [0.2, 0.25) is 11.9 Å². The van der Waals surface area contributed by atoms with Crippen LogP contribution in [0.1, 0.15) is 39.7 Å². The zero-order chi connectivity index (χ0) is 32.1. The number of aliphatic hydroxyl groups excluding tert-OH is 1. The Labute approximate surface area is 244 Å². The number of fused-ring (bicyclic) bond motifs is 1. The number of hydrogen-bond donors (Lipinski definition) is 2. The monoisotopic (exact) mass is 627 g/mol. The smallest absolute Gasteiger partial charge is 0.343 e. The van der Waals surface area contributed by atoms with Gasteiger partial charge < -0.3 is 33.9 Å². The van der Waals surface area contributed by atoms with E-state index in [1.54, 1.807) is 20.8 Å². The molecule has 4 heterocycles. The highest BCUT2D eigenvalue weighted by Crippen LogP contribution is 2.84. The van der Waals surface area contributed by atoms with E-state index < -0.39 is 129 Å². The van der Waals surface area contributed by atoms with Crippen LogP contribution in [-0.2, 0) is 44.7 Å². The quantitative estimate of drug-likeness (QED) is 0.0955. The van der Waals surface area contributed by atoms with E-state index in [-0.39, 0.29) is 6.42 Å². The summed E-state index contributed by atoms with van der Waals surface area (Å²) in [5.41, 5.74) is -4.15. The largest absolute Gasteiger partial charge is 0.459 e. The molecule has 11 atom stereocenters. The predicted molar refractivity (Wildman–Crippen MR) is 130 cm³/mol. The number of nitrogens with zero attached hydrogens (tertiary/aromatic N) is 3. The summed E-state index contributed by atoms with van der Waals surface area (Å²) in [5.74, 6) is -13.4. The summed E-state index contributed by atoms with van der Waals surface area (Å²) in [4.78, 5) is 42.2. The molecular weight excluding hydrogens is 602 g/mol. The second kappa shape index (κ2) is 8.40. The molecule has 0 bridgehead atoms. The molecule has 44 heavy (non-hydrogen) atoms. The molecule has 4 saturated heterocycles. The molecule has 0 radical (unpaired) electrons. The second-order valence-corrected chi connectivity index (χ2v) is 13.2. The molecular formula is C27H25F4N3O10. The summed E-state index contributed by atoms with van der Waals surface area (Å²) in [7, 11) is 0. The van der Waals surface area contributed by atoms with E-state index in [1.807, 2.05) is 0 Å². The molecule has 17 heteroatoms. The summed E-state index contributed by atoms with van der Waals surface area (Å²) in [6, 6.07) is 0. The van der Waals surface area contributed by atoms with Crippen molar-refractivity contribution >= 4 is 23.6 Å². The number of carbonyl (C=O) groups is 3. The minimum Gasteiger partial charge on any atom is -0.459 e. The number of aliphatic hydroxyl groups is 2. The molecule has 2 saturated carbocycles. The Balaban J connectivity index is 1.43. The van der Waals surface area contributed by atoms with Crippen molar-refractivity contribution in [2.75, 3.05) is 0 Å². The number of carbonyl (C=O) groups excluding carboxylic acids is 3. The third kappa shape index (κ3) is 2.67. The van der Waals surface area contributed by atoms with Crippen LogP contribution in [0.15, 0.2) is 5.11 Å². The number of hydrogen-bond acceptors (Lipinski definition) is 11. The summed E-state index contributed by atoms with van der Waals surface area (Å²) >= 11 is 0. The molecule has 6 fully saturated rings. The van der Waals surface area contributed by atoms with Gasteiger partial charge in [0.15, 0.2) is 41.1 Å². The van der Waals surface area contributed by atoms with Gasteiger partial charge in [-0.15, -0.1) is 0 Å². The van der Waals surface area contributed by atoms with Crippen LogP contribution in [0, 0.1) is 51.3 Å². The highest BCUT2D eigenvalue weighted by atomic mass is 19.2. The molecule has 2 N–H and O–H groups in total. The highest BCUT2D eigenvalue weighted by molar-refractivity contribution is 5.94. The summed E-state index contributed by atoms with van der Waals surface area (Å²) in [5, 5.41) is 26.9. The van der Waals surface area contributed by atoms with Crippen LogP contribution < -0.4 is 0 Å². The van der Waals surface area contributed by atoms with Gasteiger partial charge in [-0.25, -0.2) is 27.2 Å². The molecule has 7 rings (SSSR count). The summed E-state index contributed by atoms with van der Waals surface area (Å²) in [6.45, 7) is 5.30. The van der Waals surface area contributed by atoms with Crippen molar-refractivity contribution < 1.29 is 65.8 Å². The number of azide groups is 1. The van der Waals surface area contributed by atoms with Crippen molar-refractivity contribution in [3.05, 3.63) is 39.3 Å². The lowest BCUT2D eigenvalue weighted by molar-refractivity contribution is -0.240. The molecule has 13 nitrogen and oxygen atoms in total. The van der Waals surface area contributed by atoms with Crippen LogP contribution in [0.2, 0.25) is 0 Å². The number of halogens is 4. The van der Waals surface area contributed by atoms with Gasteiger partial charge in [-0.05, 0) is 30.2 Å². The first-order valence-electron chi connectivity index (χ1n) is 13.7. The predicted octanol–water partition coefficient (Wildman–Crippen LogP) is 2.35. The number of benzene rings is 1. The van der Waals surface area contributed by atoms with Crippen LogP contribution in [0.4, 0.5) is 23.2 Å². The van der Waals surface area contributed by atoms with Gasteiger partial charge in [0.25, 0.3) is 0 Å². The van der Waals surface area contributed by atoms with E-state index in [9.17, 15) is 42.2 Å². The van der Waals surface area contributed by atoms with E-state index in [4.69, 9.17) is 29.2 Å². The lowest BCUT2D eigenvalue weighted by atomic mass is 9.51. The zero-order valence-electron chi connectivity index (χ0n) is 23.5. The van der Waals surface area contributed by atoms with Crippen molar-refractivity contribution in [3.63, 3.8) is 0 Å². The van der Waals surface area contributed by atoms with Crippen LogP contribution in [0.25, 0.3) is 10.4 Å². The lowest BCUT2D eigenvalue weighted by Gasteiger charge is -2.48. The van der Waals surface area contributed by atoms with Crippen LogP contribution in [0.5, 0.6) is 0 Å².